The average molecular weight is 521 g/mol. The number of H-pyrrole nitrogens is 1. The number of amides is 2. The van der Waals surface area contributed by atoms with Gasteiger partial charge in [-0.2, -0.15) is 5.10 Å². The molecule has 8 heteroatoms. The van der Waals surface area contributed by atoms with Crippen LogP contribution in [0.15, 0.2) is 85.2 Å². The molecular weight excluding hydrogens is 488 g/mol. The van der Waals surface area contributed by atoms with E-state index < -0.39 is 0 Å². The molecule has 0 radical (unpaired) electrons. The van der Waals surface area contributed by atoms with Gasteiger partial charge >= 0.3 is 0 Å². The van der Waals surface area contributed by atoms with Gasteiger partial charge in [-0.25, -0.2) is 4.98 Å². The van der Waals surface area contributed by atoms with Crippen LogP contribution in [0.4, 0.5) is 0 Å². The second-order valence-corrected chi connectivity index (χ2v) is 10.2. The van der Waals surface area contributed by atoms with Crippen LogP contribution in [0.25, 0.3) is 22.5 Å². The Kier molecular flexibility index (Phi) is 7.19. The highest BCUT2D eigenvalue weighted by molar-refractivity contribution is 5.96. The fourth-order valence-electron chi connectivity index (χ4n) is 5.62. The molecule has 2 amide bonds. The lowest BCUT2D eigenvalue weighted by molar-refractivity contribution is 0.0412. The highest BCUT2D eigenvalue weighted by Crippen LogP contribution is 2.26. The van der Waals surface area contributed by atoms with Crippen LogP contribution in [0.5, 0.6) is 0 Å². The smallest absolute Gasteiger partial charge is 0.257 e. The van der Waals surface area contributed by atoms with Gasteiger partial charge in [0.1, 0.15) is 0 Å². The maximum atomic E-state index is 13.7. The topological polar surface area (TPSA) is 85.4 Å². The minimum Gasteiger partial charge on any atom is -0.338 e. The van der Waals surface area contributed by atoms with E-state index in [1.807, 2.05) is 82.6 Å². The normalized spacial score (nSPS) is 16.8. The van der Waals surface area contributed by atoms with Gasteiger partial charge in [-0.05, 0) is 25.0 Å². The van der Waals surface area contributed by atoms with Crippen molar-refractivity contribution in [3.8, 4) is 22.5 Å². The molecule has 0 bridgehead atoms. The predicted molar refractivity (Wildman–Crippen MR) is 150 cm³/mol. The third-order valence-electron chi connectivity index (χ3n) is 7.83. The molecular formula is C31H32N6O2. The molecule has 8 nitrogen and oxygen atoms in total. The number of aromatic amines is 1. The van der Waals surface area contributed by atoms with Gasteiger partial charge in [0.15, 0.2) is 0 Å². The van der Waals surface area contributed by atoms with E-state index in [-0.39, 0.29) is 11.8 Å². The van der Waals surface area contributed by atoms with Gasteiger partial charge in [0, 0.05) is 68.2 Å². The molecule has 4 aromatic rings. The lowest BCUT2D eigenvalue weighted by Gasteiger charge is -2.42. The Balaban J connectivity index is 1.12. The highest BCUT2D eigenvalue weighted by Gasteiger charge is 2.31. The Labute approximate surface area is 228 Å². The Morgan fingerprint density at radius 2 is 1.23 bits per heavy atom. The van der Waals surface area contributed by atoms with Crippen LogP contribution in [0.2, 0.25) is 0 Å². The molecule has 2 aliphatic heterocycles. The van der Waals surface area contributed by atoms with Crippen LogP contribution in [0, 0.1) is 0 Å². The van der Waals surface area contributed by atoms with Crippen molar-refractivity contribution in [3.05, 3.63) is 96.3 Å². The highest BCUT2D eigenvalue weighted by atomic mass is 16.2. The van der Waals surface area contributed by atoms with E-state index in [0.717, 1.165) is 61.5 Å². The summed E-state index contributed by atoms with van der Waals surface area (Å²) in [6, 6.07) is 24.3. The summed E-state index contributed by atoms with van der Waals surface area (Å²) in [5.74, 6) is 0.0895. The first kappa shape index (κ1) is 25.0. The maximum Gasteiger partial charge on any atom is 0.257 e. The van der Waals surface area contributed by atoms with Crippen LogP contribution in [0.3, 0.4) is 0 Å². The van der Waals surface area contributed by atoms with Gasteiger partial charge in [-0.3, -0.25) is 19.6 Å². The number of carbonyl (C=O) groups is 2. The molecule has 0 saturated carbocycles. The molecule has 6 rings (SSSR count). The monoisotopic (exact) mass is 520 g/mol. The molecule has 0 spiro atoms. The molecule has 2 saturated heterocycles. The van der Waals surface area contributed by atoms with Gasteiger partial charge in [-0.15, -0.1) is 0 Å². The number of aromatic nitrogens is 3. The lowest BCUT2D eigenvalue weighted by Crippen LogP contribution is -2.54. The molecule has 4 heterocycles. The minimum absolute atomic E-state index is 0.0414. The average Bonchev–Trinajstić information content (AvgIpc) is 3.56. The number of piperidine rings is 1. The summed E-state index contributed by atoms with van der Waals surface area (Å²) in [4.78, 5) is 37.6. The summed E-state index contributed by atoms with van der Waals surface area (Å²) >= 11 is 0. The summed E-state index contributed by atoms with van der Waals surface area (Å²) in [5.41, 5.74) is 4.87. The van der Waals surface area contributed by atoms with E-state index in [1.54, 1.807) is 12.4 Å². The number of pyridine rings is 1. The molecule has 2 aromatic heterocycles. The van der Waals surface area contributed by atoms with Gasteiger partial charge in [-0.1, -0.05) is 60.7 Å². The number of rotatable bonds is 5. The minimum atomic E-state index is 0.0414. The van der Waals surface area contributed by atoms with Crippen LogP contribution < -0.4 is 0 Å². The summed E-state index contributed by atoms with van der Waals surface area (Å²) in [6.07, 6.45) is 5.13. The van der Waals surface area contributed by atoms with E-state index in [4.69, 9.17) is 4.98 Å². The Bertz CT molecular complexity index is 1350. The number of carbonyl (C=O) groups excluding carboxylic acids is 2. The molecule has 2 aliphatic rings. The number of likely N-dealkylation sites (tertiary alicyclic amines) is 1. The number of piperazine rings is 1. The predicted octanol–water partition coefficient (Wildman–Crippen LogP) is 4.20. The van der Waals surface area contributed by atoms with Gasteiger partial charge in [0.25, 0.3) is 11.8 Å². The second-order valence-electron chi connectivity index (χ2n) is 10.2. The maximum absolute atomic E-state index is 13.7. The van der Waals surface area contributed by atoms with Gasteiger partial charge in [0.2, 0.25) is 0 Å². The van der Waals surface area contributed by atoms with Crippen molar-refractivity contribution < 1.29 is 9.59 Å². The molecule has 2 aromatic carbocycles. The summed E-state index contributed by atoms with van der Waals surface area (Å²) in [5, 5.41) is 6.61. The van der Waals surface area contributed by atoms with E-state index in [0.29, 0.717) is 30.3 Å². The molecule has 0 unspecified atom stereocenters. The Morgan fingerprint density at radius 3 is 1.77 bits per heavy atom. The lowest BCUT2D eigenvalue weighted by atomic mass is 10.0. The van der Waals surface area contributed by atoms with Crippen molar-refractivity contribution in [2.75, 3.05) is 39.3 Å². The van der Waals surface area contributed by atoms with E-state index >= 15 is 0 Å². The number of hydrogen-bond donors (Lipinski definition) is 1. The second kappa shape index (κ2) is 11.2. The molecule has 198 valence electrons. The van der Waals surface area contributed by atoms with E-state index in [2.05, 4.69) is 15.1 Å². The van der Waals surface area contributed by atoms with Gasteiger partial charge < -0.3 is 9.80 Å². The van der Waals surface area contributed by atoms with Gasteiger partial charge in [0.05, 0.1) is 23.1 Å². The fraction of sp³-hybridized carbons (Fsp3) is 0.290. The van der Waals surface area contributed by atoms with Crippen LogP contribution in [0.1, 0.15) is 33.6 Å². The molecule has 2 fully saturated rings. The third kappa shape index (κ3) is 5.47. The summed E-state index contributed by atoms with van der Waals surface area (Å²) < 4.78 is 0. The number of nitrogens with zero attached hydrogens (tertiary/aromatic N) is 5. The molecule has 39 heavy (non-hydrogen) atoms. The molecule has 0 atom stereocenters. The first-order valence-electron chi connectivity index (χ1n) is 13.6. The fourth-order valence-corrected chi connectivity index (χ4v) is 5.62. The van der Waals surface area contributed by atoms with Crippen LogP contribution >= 0.6 is 0 Å². The standard InChI is InChI=1S/C31H32N6O2/c38-30(25-19-28(23-7-3-1-4-8-23)34-29(20-25)24-9-5-2-6-10-24)37-17-15-35(16-18-37)27-11-13-36(14-12-27)31(39)26-21-32-33-22-26/h1-10,19-22,27H,11-18H2,(H,32,33). The number of hydrogen-bond acceptors (Lipinski definition) is 5. The van der Waals surface area contributed by atoms with E-state index in [1.165, 1.54) is 0 Å². The molecule has 1 N–H and O–H groups in total. The van der Waals surface area contributed by atoms with Crippen molar-refractivity contribution >= 4 is 11.8 Å². The van der Waals surface area contributed by atoms with Crippen LogP contribution in [-0.4, -0.2) is 87.0 Å². The first-order valence-corrected chi connectivity index (χ1v) is 13.6. The number of benzene rings is 2. The Morgan fingerprint density at radius 1 is 0.692 bits per heavy atom. The zero-order chi connectivity index (χ0) is 26.6. The largest absolute Gasteiger partial charge is 0.338 e. The van der Waals surface area contributed by atoms with Crippen molar-refractivity contribution in [1.29, 1.82) is 0 Å². The van der Waals surface area contributed by atoms with E-state index in [9.17, 15) is 9.59 Å². The molecule has 0 aliphatic carbocycles. The Hall–Kier alpha value is -4.30. The van der Waals surface area contributed by atoms with Crippen LogP contribution in [-0.2, 0) is 0 Å². The van der Waals surface area contributed by atoms with Crippen molar-refractivity contribution in [1.82, 2.24) is 29.9 Å². The summed E-state index contributed by atoms with van der Waals surface area (Å²) in [6.45, 7) is 4.56. The zero-order valence-corrected chi connectivity index (χ0v) is 21.9. The SMILES string of the molecule is O=C(c1cn[nH]c1)N1CCC(N2CCN(C(=O)c3cc(-c4ccccc4)nc(-c4ccccc4)c3)CC2)CC1. The van der Waals surface area contributed by atoms with Crippen molar-refractivity contribution in [2.45, 2.75) is 18.9 Å². The van der Waals surface area contributed by atoms with Crippen molar-refractivity contribution in [2.24, 2.45) is 0 Å². The summed E-state index contributed by atoms with van der Waals surface area (Å²) in [7, 11) is 0. The number of nitrogens with one attached hydrogen (secondary N) is 1. The zero-order valence-electron chi connectivity index (χ0n) is 21.9. The quantitative estimate of drug-likeness (QED) is 0.426. The van der Waals surface area contributed by atoms with Crippen molar-refractivity contribution in [3.63, 3.8) is 0 Å². The third-order valence-corrected chi connectivity index (χ3v) is 7.83. The first-order chi connectivity index (χ1) is 19.2.